The van der Waals surface area contributed by atoms with E-state index in [9.17, 15) is 13.2 Å². The maximum absolute atomic E-state index is 12.9. The van der Waals surface area contributed by atoms with Crippen molar-refractivity contribution in [1.29, 1.82) is 0 Å². The Morgan fingerprint density at radius 2 is 1.94 bits per heavy atom. The summed E-state index contributed by atoms with van der Waals surface area (Å²) in [5.74, 6) is 0.451. The summed E-state index contributed by atoms with van der Waals surface area (Å²) < 4.78 is 31.1. The van der Waals surface area contributed by atoms with Crippen LogP contribution in [0.5, 0.6) is 5.75 Å². The molecule has 0 saturated heterocycles. The summed E-state index contributed by atoms with van der Waals surface area (Å²) in [7, 11) is -4.55. The van der Waals surface area contributed by atoms with Crippen LogP contribution >= 0.6 is 0 Å². The highest BCUT2D eigenvalue weighted by Crippen LogP contribution is 2.32. The van der Waals surface area contributed by atoms with Gasteiger partial charge in [-0.3, -0.25) is 15.2 Å². The van der Waals surface area contributed by atoms with Crippen LogP contribution in [0.3, 0.4) is 0 Å². The van der Waals surface area contributed by atoms with Gasteiger partial charge in [0.25, 0.3) is 15.6 Å². The number of fused-ring (bicyclic) bond motifs is 1. The molecule has 2 heterocycles. The first kappa shape index (κ1) is 22.9. The average molecular weight is 451 g/mol. The van der Waals surface area contributed by atoms with Crippen LogP contribution in [0.2, 0.25) is 0 Å². The summed E-state index contributed by atoms with van der Waals surface area (Å²) in [5, 5.41) is 18.2. The standard InChI is InChI=1S/C20H26N4O6S/c1-4-7-13-12-23(6-3)18-17(13)21-19(22-20(18)25)15-11-14(31(28,29)24(26)27)8-9-16(15)30-10-5-2/h8-9,11-12,26-27H,4-7,10H2,1-3H3,(H,21,22,25). The molecule has 0 aliphatic heterocycles. The third kappa shape index (κ3) is 4.35. The number of nitrogens with zero attached hydrogens (tertiary/aromatic N) is 3. The fourth-order valence-corrected chi connectivity index (χ4v) is 4.08. The van der Waals surface area contributed by atoms with E-state index in [0.717, 1.165) is 18.4 Å². The first-order valence-electron chi connectivity index (χ1n) is 10.1. The predicted octanol–water partition coefficient (Wildman–Crippen LogP) is 2.92. The molecular weight excluding hydrogens is 424 g/mol. The molecule has 0 bridgehead atoms. The van der Waals surface area contributed by atoms with Crippen molar-refractivity contribution in [2.75, 3.05) is 6.61 Å². The Bertz CT molecular complexity index is 1250. The Kier molecular flexibility index (Phi) is 6.80. The number of hydrogen-bond acceptors (Lipinski definition) is 7. The van der Waals surface area contributed by atoms with Crippen LogP contribution in [0.4, 0.5) is 0 Å². The third-order valence-electron chi connectivity index (χ3n) is 4.84. The van der Waals surface area contributed by atoms with Crippen LogP contribution in [-0.4, -0.2) is 44.6 Å². The maximum atomic E-state index is 12.9. The summed E-state index contributed by atoms with van der Waals surface area (Å²) in [6.45, 7) is 6.86. The Morgan fingerprint density at radius 1 is 1.19 bits per heavy atom. The predicted molar refractivity (Wildman–Crippen MR) is 114 cm³/mol. The molecule has 10 nitrogen and oxygen atoms in total. The lowest BCUT2D eigenvalue weighted by Gasteiger charge is -2.14. The van der Waals surface area contributed by atoms with E-state index in [-0.39, 0.29) is 21.8 Å². The monoisotopic (exact) mass is 450 g/mol. The average Bonchev–Trinajstić information content (AvgIpc) is 3.10. The zero-order valence-electron chi connectivity index (χ0n) is 17.6. The summed E-state index contributed by atoms with van der Waals surface area (Å²) in [6, 6.07) is 3.78. The Balaban J connectivity index is 2.29. The topological polar surface area (TPSA) is 138 Å². The lowest BCUT2D eigenvalue weighted by molar-refractivity contribution is -0.226. The smallest absolute Gasteiger partial charge is 0.288 e. The number of benzene rings is 1. The lowest BCUT2D eigenvalue weighted by atomic mass is 10.1. The molecule has 0 aliphatic rings. The minimum Gasteiger partial charge on any atom is -0.493 e. The second-order valence-corrected chi connectivity index (χ2v) is 8.78. The van der Waals surface area contributed by atoms with Crippen molar-refractivity contribution in [2.45, 2.75) is 51.5 Å². The number of H-pyrrole nitrogens is 1. The normalized spacial score (nSPS) is 12.1. The minimum absolute atomic E-state index is 0.134. The SMILES string of the molecule is CCCOc1ccc(S(=O)(=O)N(O)O)cc1-c1nc2c(CCC)cn(CC)c2c(=O)[nH]1. The van der Waals surface area contributed by atoms with Gasteiger partial charge in [-0.1, -0.05) is 20.3 Å². The van der Waals surface area contributed by atoms with Crippen molar-refractivity contribution in [3.05, 3.63) is 40.3 Å². The molecule has 0 atom stereocenters. The van der Waals surface area contributed by atoms with Gasteiger partial charge in [0.15, 0.2) is 0 Å². The summed E-state index contributed by atoms with van der Waals surface area (Å²) in [4.78, 5) is 19.9. The fourth-order valence-electron chi connectivity index (χ4n) is 3.39. The molecule has 11 heteroatoms. The number of aromatic amines is 1. The molecule has 3 rings (SSSR count). The number of ether oxygens (including phenoxy) is 1. The number of nitrogens with one attached hydrogen (secondary N) is 1. The number of aryl methyl sites for hydroxylation is 2. The molecule has 0 amide bonds. The van der Waals surface area contributed by atoms with Gasteiger partial charge in [-0.05, 0) is 43.5 Å². The molecular formula is C20H26N4O6S. The molecule has 168 valence electrons. The quantitative estimate of drug-likeness (QED) is 0.426. The molecule has 0 spiro atoms. The van der Waals surface area contributed by atoms with Crippen molar-refractivity contribution in [3.63, 3.8) is 0 Å². The Hall–Kier alpha value is -2.73. The molecule has 3 aromatic rings. The van der Waals surface area contributed by atoms with Gasteiger partial charge in [-0.15, -0.1) is 0 Å². The molecule has 2 aromatic heterocycles. The Morgan fingerprint density at radius 3 is 2.55 bits per heavy atom. The van der Waals surface area contributed by atoms with Gasteiger partial charge in [0.05, 0.1) is 27.2 Å². The lowest BCUT2D eigenvalue weighted by Crippen LogP contribution is -2.23. The van der Waals surface area contributed by atoms with Crippen LogP contribution in [0.1, 0.15) is 39.2 Å². The van der Waals surface area contributed by atoms with E-state index >= 15 is 0 Å². The second kappa shape index (κ2) is 9.18. The highest BCUT2D eigenvalue weighted by Gasteiger charge is 2.24. The van der Waals surface area contributed by atoms with Crippen LogP contribution < -0.4 is 10.3 Å². The molecule has 31 heavy (non-hydrogen) atoms. The molecule has 0 fully saturated rings. The van der Waals surface area contributed by atoms with E-state index in [2.05, 4.69) is 9.97 Å². The zero-order valence-corrected chi connectivity index (χ0v) is 18.4. The Labute approximate surface area is 179 Å². The minimum atomic E-state index is -4.55. The van der Waals surface area contributed by atoms with Crippen molar-refractivity contribution >= 4 is 21.1 Å². The third-order valence-corrected chi connectivity index (χ3v) is 6.12. The van der Waals surface area contributed by atoms with Crippen LogP contribution in [-0.2, 0) is 23.0 Å². The summed E-state index contributed by atoms with van der Waals surface area (Å²) in [6.07, 6.45) is 4.22. The van der Waals surface area contributed by atoms with E-state index in [1.807, 2.05) is 31.5 Å². The maximum Gasteiger partial charge on any atom is 0.288 e. The molecule has 0 aliphatic carbocycles. The number of aromatic nitrogens is 3. The molecule has 0 unspecified atom stereocenters. The van der Waals surface area contributed by atoms with E-state index in [4.69, 9.17) is 15.2 Å². The van der Waals surface area contributed by atoms with Crippen LogP contribution in [0, 0.1) is 0 Å². The number of rotatable bonds is 9. The van der Waals surface area contributed by atoms with Gasteiger partial charge >= 0.3 is 0 Å². The molecule has 0 radical (unpaired) electrons. The number of sulfonamides is 1. The summed E-state index contributed by atoms with van der Waals surface area (Å²) >= 11 is 0. The van der Waals surface area contributed by atoms with Crippen molar-refractivity contribution in [2.24, 2.45) is 0 Å². The largest absolute Gasteiger partial charge is 0.493 e. The van der Waals surface area contributed by atoms with Crippen molar-refractivity contribution in [3.8, 4) is 17.1 Å². The molecule has 1 aromatic carbocycles. The van der Waals surface area contributed by atoms with Crippen LogP contribution in [0.25, 0.3) is 22.4 Å². The summed E-state index contributed by atoms with van der Waals surface area (Å²) in [5.41, 5.74) is 1.78. The van der Waals surface area contributed by atoms with Gasteiger partial charge in [-0.25, -0.2) is 13.4 Å². The van der Waals surface area contributed by atoms with Gasteiger partial charge in [0.2, 0.25) is 0 Å². The highest BCUT2D eigenvalue weighted by molar-refractivity contribution is 7.88. The van der Waals surface area contributed by atoms with Gasteiger partial charge in [0.1, 0.15) is 17.1 Å². The van der Waals surface area contributed by atoms with Crippen molar-refractivity contribution in [1.82, 2.24) is 19.2 Å². The first-order valence-corrected chi connectivity index (χ1v) is 11.5. The van der Waals surface area contributed by atoms with Crippen molar-refractivity contribution < 1.29 is 23.6 Å². The van der Waals surface area contributed by atoms with Gasteiger partial charge in [0, 0.05) is 12.7 Å². The second-order valence-electron chi connectivity index (χ2n) is 7.04. The van der Waals surface area contributed by atoms with E-state index in [1.165, 1.54) is 18.2 Å². The molecule has 0 saturated carbocycles. The zero-order chi connectivity index (χ0) is 22.8. The number of hydrogen-bond donors (Lipinski definition) is 3. The van der Waals surface area contributed by atoms with Crippen LogP contribution in [0.15, 0.2) is 34.1 Å². The van der Waals surface area contributed by atoms with E-state index in [0.29, 0.717) is 36.4 Å². The fraction of sp³-hybridized carbons (Fsp3) is 0.400. The first-order chi connectivity index (χ1) is 14.7. The van der Waals surface area contributed by atoms with E-state index < -0.39 is 14.7 Å². The van der Waals surface area contributed by atoms with Gasteiger partial charge < -0.3 is 14.3 Å². The van der Waals surface area contributed by atoms with Gasteiger partial charge in [-0.2, -0.15) is 0 Å². The molecule has 3 N–H and O–H groups in total. The van der Waals surface area contributed by atoms with E-state index in [1.54, 1.807) is 0 Å². The highest BCUT2D eigenvalue weighted by atomic mass is 32.2.